The molecule has 158 valence electrons. The van der Waals surface area contributed by atoms with Gasteiger partial charge < -0.3 is 15.4 Å². The Hall–Kier alpha value is -2.30. The van der Waals surface area contributed by atoms with Gasteiger partial charge in [-0.1, -0.05) is 56.7 Å². The fraction of sp³-hybridized carbons (Fsp3) is 0.583. The van der Waals surface area contributed by atoms with Gasteiger partial charge in [0.05, 0.1) is 6.61 Å². The molecule has 1 aromatic rings. The van der Waals surface area contributed by atoms with E-state index in [0.29, 0.717) is 12.4 Å². The lowest BCUT2D eigenvalue weighted by molar-refractivity contribution is -0.124. The van der Waals surface area contributed by atoms with Crippen LogP contribution in [0.4, 0.5) is 0 Å². The number of carbonyl (C=O) groups is 2. The number of benzene rings is 1. The lowest BCUT2D eigenvalue weighted by atomic mass is 9.94. The topological polar surface area (TPSA) is 67.4 Å². The molecule has 2 saturated carbocycles. The molecule has 29 heavy (non-hydrogen) atoms. The van der Waals surface area contributed by atoms with E-state index in [2.05, 4.69) is 10.6 Å². The Morgan fingerprint density at radius 1 is 0.897 bits per heavy atom. The van der Waals surface area contributed by atoms with Gasteiger partial charge in [-0.2, -0.15) is 0 Å². The van der Waals surface area contributed by atoms with Gasteiger partial charge in [-0.25, -0.2) is 0 Å². The van der Waals surface area contributed by atoms with Crippen molar-refractivity contribution in [2.24, 2.45) is 0 Å². The van der Waals surface area contributed by atoms with Crippen LogP contribution in [0.15, 0.2) is 29.8 Å². The van der Waals surface area contributed by atoms with Crippen LogP contribution in [-0.4, -0.2) is 30.5 Å². The van der Waals surface area contributed by atoms with Crippen molar-refractivity contribution in [1.82, 2.24) is 10.6 Å². The number of carbonyl (C=O) groups excluding carboxylic acids is 2. The molecule has 0 aromatic heterocycles. The molecule has 0 bridgehead atoms. The van der Waals surface area contributed by atoms with E-state index in [1.807, 2.05) is 31.2 Å². The number of hydrogen-bond donors (Lipinski definition) is 2. The molecule has 1 aromatic carbocycles. The maximum atomic E-state index is 13.1. The SMILES string of the molecule is CCOc1ccccc1C=C(C(=O)NC1CCCCC1)C(=O)NC1CCCCC1. The minimum atomic E-state index is -0.281. The average Bonchev–Trinajstić information content (AvgIpc) is 2.74. The second kappa shape index (κ2) is 11.0. The van der Waals surface area contributed by atoms with Crippen molar-refractivity contribution in [2.45, 2.75) is 83.2 Å². The largest absolute Gasteiger partial charge is 0.493 e. The second-order valence-electron chi connectivity index (χ2n) is 8.15. The molecule has 0 saturated heterocycles. The number of nitrogens with one attached hydrogen (secondary N) is 2. The fourth-order valence-corrected chi connectivity index (χ4v) is 4.30. The van der Waals surface area contributed by atoms with Crippen LogP contribution >= 0.6 is 0 Å². The van der Waals surface area contributed by atoms with E-state index in [-0.39, 0.29) is 29.5 Å². The Kier molecular flexibility index (Phi) is 8.14. The summed E-state index contributed by atoms with van der Waals surface area (Å²) in [5, 5.41) is 6.20. The molecule has 2 aliphatic carbocycles. The van der Waals surface area contributed by atoms with Gasteiger partial charge in [0, 0.05) is 17.6 Å². The number of rotatable bonds is 7. The molecule has 2 amide bonds. The zero-order valence-corrected chi connectivity index (χ0v) is 17.5. The summed E-state index contributed by atoms with van der Waals surface area (Å²) in [4.78, 5) is 26.2. The average molecular weight is 399 g/mol. The van der Waals surface area contributed by atoms with Gasteiger partial charge >= 0.3 is 0 Å². The van der Waals surface area contributed by atoms with Crippen LogP contribution < -0.4 is 15.4 Å². The number of amides is 2. The Morgan fingerprint density at radius 3 is 1.93 bits per heavy atom. The molecule has 5 nitrogen and oxygen atoms in total. The molecule has 2 N–H and O–H groups in total. The predicted octanol–water partition coefficient (Wildman–Crippen LogP) is 4.37. The van der Waals surface area contributed by atoms with E-state index in [1.54, 1.807) is 6.08 Å². The summed E-state index contributed by atoms with van der Waals surface area (Å²) in [5.41, 5.74) is 0.926. The van der Waals surface area contributed by atoms with Gasteiger partial charge in [0.2, 0.25) is 0 Å². The first-order valence-corrected chi connectivity index (χ1v) is 11.2. The van der Waals surface area contributed by atoms with Crippen molar-refractivity contribution >= 4 is 17.9 Å². The molecular weight excluding hydrogens is 364 g/mol. The quantitative estimate of drug-likeness (QED) is 0.407. The Morgan fingerprint density at radius 2 is 1.41 bits per heavy atom. The molecule has 0 heterocycles. The van der Waals surface area contributed by atoms with Crippen molar-refractivity contribution in [1.29, 1.82) is 0 Å². The van der Waals surface area contributed by atoms with E-state index < -0.39 is 0 Å². The normalized spacial score (nSPS) is 18.0. The molecule has 3 rings (SSSR count). The standard InChI is InChI=1S/C24H34N2O3/c1-2-29-22-16-10-9-11-18(22)17-21(23(27)25-19-12-5-3-6-13-19)24(28)26-20-14-7-4-8-15-20/h9-11,16-17,19-20H,2-8,12-15H2,1H3,(H,25,27)(H,26,28). The van der Waals surface area contributed by atoms with Crippen LogP contribution in [0.2, 0.25) is 0 Å². The first-order valence-electron chi connectivity index (χ1n) is 11.2. The van der Waals surface area contributed by atoms with Gasteiger partial charge in [0.15, 0.2) is 0 Å². The molecule has 0 radical (unpaired) electrons. The van der Waals surface area contributed by atoms with E-state index in [1.165, 1.54) is 12.8 Å². The van der Waals surface area contributed by atoms with E-state index in [0.717, 1.165) is 56.9 Å². The lowest BCUT2D eigenvalue weighted by Gasteiger charge is -2.25. The van der Waals surface area contributed by atoms with Crippen molar-refractivity contribution in [3.63, 3.8) is 0 Å². The highest BCUT2D eigenvalue weighted by atomic mass is 16.5. The summed E-state index contributed by atoms with van der Waals surface area (Å²) in [7, 11) is 0. The molecule has 0 atom stereocenters. The highest BCUT2D eigenvalue weighted by Crippen LogP contribution is 2.23. The fourth-order valence-electron chi connectivity index (χ4n) is 4.30. The van der Waals surface area contributed by atoms with E-state index in [4.69, 9.17) is 4.74 Å². The van der Waals surface area contributed by atoms with Crippen LogP contribution in [0.25, 0.3) is 6.08 Å². The molecule has 0 aliphatic heterocycles. The molecule has 5 heteroatoms. The first kappa shape index (κ1) is 21.4. The van der Waals surface area contributed by atoms with Gasteiger partial charge in [-0.15, -0.1) is 0 Å². The molecule has 2 fully saturated rings. The van der Waals surface area contributed by atoms with E-state index >= 15 is 0 Å². The van der Waals surface area contributed by atoms with Crippen LogP contribution in [-0.2, 0) is 9.59 Å². The lowest BCUT2D eigenvalue weighted by Crippen LogP contribution is -2.43. The Balaban J connectivity index is 1.81. The third kappa shape index (κ3) is 6.34. The summed E-state index contributed by atoms with van der Waals surface area (Å²) in [6, 6.07) is 7.85. The zero-order chi connectivity index (χ0) is 20.5. The summed E-state index contributed by atoms with van der Waals surface area (Å²) < 4.78 is 5.69. The van der Waals surface area contributed by atoms with Crippen LogP contribution in [0, 0.1) is 0 Å². The van der Waals surface area contributed by atoms with Gasteiger partial charge in [0.25, 0.3) is 11.8 Å². The second-order valence-corrected chi connectivity index (χ2v) is 8.15. The summed E-state index contributed by atoms with van der Waals surface area (Å²) >= 11 is 0. The maximum absolute atomic E-state index is 13.1. The summed E-state index contributed by atoms with van der Waals surface area (Å²) in [6.07, 6.45) is 12.6. The van der Waals surface area contributed by atoms with Crippen molar-refractivity contribution in [3.05, 3.63) is 35.4 Å². The molecular formula is C24H34N2O3. The minimum Gasteiger partial charge on any atom is -0.493 e. The van der Waals surface area contributed by atoms with Crippen molar-refractivity contribution in [3.8, 4) is 5.75 Å². The monoisotopic (exact) mass is 398 g/mol. The molecule has 0 spiro atoms. The number of hydrogen-bond acceptors (Lipinski definition) is 3. The molecule has 0 unspecified atom stereocenters. The molecule has 2 aliphatic rings. The van der Waals surface area contributed by atoms with Crippen LogP contribution in [0.3, 0.4) is 0 Å². The Labute approximate surface area is 174 Å². The maximum Gasteiger partial charge on any atom is 0.257 e. The third-order valence-corrected chi connectivity index (χ3v) is 5.89. The Bertz CT molecular complexity index is 683. The zero-order valence-electron chi connectivity index (χ0n) is 17.5. The third-order valence-electron chi connectivity index (χ3n) is 5.89. The highest BCUT2D eigenvalue weighted by Gasteiger charge is 2.25. The van der Waals surface area contributed by atoms with E-state index in [9.17, 15) is 9.59 Å². The highest BCUT2D eigenvalue weighted by molar-refractivity contribution is 6.22. The minimum absolute atomic E-state index is 0.157. The van der Waals surface area contributed by atoms with Gasteiger partial charge in [-0.05, 0) is 44.7 Å². The van der Waals surface area contributed by atoms with Gasteiger partial charge in [0.1, 0.15) is 11.3 Å². The van der Waals surface area contributed by atoms with Crippen molar-refractivity contribution in [2.75, 3.05) is 6.61 Å². The van der Waals surface area contributed by atoms with Crippen LogP contribution in [0.1, 0.15) is 76.7 Å². The summed E-state index contributed by atoms with van der Waals surface area (Å²) in [6.45, 7) is 2.45. The number of para-hydroxylation sites is 1. The number of ether oxygens (including phenoxy) is 1. The summed E-state index contributed by atoms with van der Waals surface area (Å²) in [5.74, 6) is 0.122. The van der Waals surface area contributed by atoms with Crippen LogP contribution in [0.5, 0.6) is 5.75 Å². The van der Waals surface area contributed by atoms with Crippen molar-refractivity contribution < 1.29 is 14.3 Å². The first-order chi connectivity index (χ1) is 14.2. The smallest absolute Gasteiger partial charge is 0.257 e. The predicted molar refractivity (Wildman–Crippen MR) is 116 cm³/mol. The van der Waals surface area contributed by atoms with Gasteiger partial charge in [-0.3, -0.25) is 9.59 Å².